The number of benzene rings is 2. The second-order valence-electron chi connectivity index (χ2n) is 6.53. The average molecular weight is 458 g/mol. The number of carbonyl (C=O) groups excluding carboxylic acids is 1. The standard InChI is InChI=1S/C19H21ClFN3O5S/c1-28-17-6-5-15(10-18(17)29-2)22-19(25)12-24-8-7-23(30(24,26)27)11-13-3-4-14(21)9-16(13)20/h3-6,9-10H,7-8,11-12H2,1-2H3,(H,22,25). The Labute approximate surface area is 179 Å². The van der Waals surface area contributed by atoms with Gasteiger partial charge in [0.15, 0.2) is 11.5 Å². The van der Waals surface area contributed by atoms with Gasteiger partial charge in [0.1, 0.15) is 5.82 Å². The second-order valence-corrected chi connectivity index (χ2v) is 8.86. The number of amides is 1. The van der Waals surface area contributed by atoms with Gasteiger partial charge in [0.2, 0.25) is 5.91 Å². The Bertz CT molecular complexity index is 1050. The first kappa shape index (κ1) is 22.3. The molecule has 0 aromatic heterocycles. The Morgan fingerprint density at radius 2 is 1.80 bits per heavy atom. The van der Waals surface area contributed by atoms with E-state index < -0.39 is 21.9 Å². The number of rotatable bonds is 7. The maximum Gasteiger partial charge on any atom is 0.282 e. The van der Waals surface area contributed by atoms with E-state index in [2.05, 4.69) is 5.32 Å². The van der Waals surface area contributed by atoms with Crippen molar-refractivity contribution in [2.24, 2.45) is 0 Å². The molecule has 1 aliphatic rings. The maximum absolute atomic E-state index is 13.2. The molecule has 30 heavy (non-hydrogen) atoms. The molecule has 162 valence electrons. The van der Waals surface area contributed by atoms with E-state index in [1.807, 2.05) is 0 Å². The summed E-state index contributed by atoms with van der Waals surface area (Å²) in [7, 11) is -0.881. The third-order valence-corrected chi connectivity index (χ3v) is 6.88. The fraction of sp³-hybridized carbons (Fsp3) is 0.316. The van der Waals surface area contributed by atoms with Gasteiger partial charge in [-0.05, 0) is 29.8 Å². The highest BCUT2D eigenvalue weighted by Gasteiger charge is 2.37. The van der Waals surface area contributed by atoms with Crippen LogP contribution in [0.3, 0.4) is 0 Å². The van der Waals surface area contributed by atoms with Crippen LogP contribution in [-0.2, 0) is 21.5 Å². The van der Waals surface area contributed by atoms with Crippen LogP contribution in [0.4, 0.5) is 10.1 Å². The lowest BCUT2D eigenvalue weighted by Gasteiger charge is -2.19. The summed E-state index contributed by atoms with van der Waals surface area (Å²) >= 11 is 6.00. The summed E-state index contributed by atoms with van der Waals surface area (Å²) < 4.78 is 51.4. The van der Waals surface area contributed by atoms with Gasteiger partial charge in [-0.15, -0.1) is 0 Å². The van der Waals surface area contributed by atoms with Crippen LogP contribution in [0.15, 0.2) is 36.4 Å². The van der Waals surface area contributed by atoms with Crippen LogP contribution < -0.4 is 14.8 Å². The number of hydrogen-bond acceptors (Lipinski definition) is 5. The normalized spacial score (nSPS) is 16.4. The molecule has 1 fully saturated rings. The molecule has 0 bridgehead atoms. The van der Waals surface area contributed by atoms with Crippen LogP contribution in [-0.4, -0.2) is 56.8 Å². The third-order valence-electron chi connectivity index (χ3n) is 4.60. The smallest absolute Gasteiger partial charge is 0.282 e. The van der Waals surface area contributed by atoms with Crippen molar-refractivity contribution < 1.29 is 27.1 Å². The predicted molar refractivity (Wildman–Crippen MR) is 110 cm³/mol. The van der Waals surface area contributed by atoms with E-state index >= 15 is 0 Å². The number of carbonyl (C=O) groups is 1. The number of hydrogen-bond donors (Lipinski definition) is 1. The predicted octanol–water partition coefficient (Wildman–Crippen LogP) is 2.50. The summed E-state index contributed by atoms with van der Waals surface area (Å²) in [6.07, 6.45) is 0. The Morgan fingerprint density at radius 3 is 2.47 bits per heavy atom. The van der Waals surface area contributed by atoms with Gasteiger partial charge in [-0.1, -0.05) is 17.7 Å². The molecule has 0 radical (unpaired) electrons. The summed E-state index contributed by atoms with van der Waals surface area (Å²) in [5, 5.41) is 2.80. The molecule has 3 rings (SSSR count). The van der Waals surface area contributed by atoms with Gasteiger partial charge < -0.3 is 14.8 Å². The molecule has 0 unspecified atom stereocenters. The van der Waals surface area contributed by atoms with E-state index in [1.165, 1.54) is 30.7 Å². The highest BCUT2D eigenvalue weighted by Crippen LogP contribution is 2.30. The Hall–Kier alpha value is -2.40. The lowest BCUT2D eigenvalue weighted by molar-refractivity contribution is -0.116. The minimum atomic E-state index is -3.86. The molecule has 2 aromatic carbocycles. The van der Waals surface area contributed by atoms with Crippen molar-refractivity contribution >= 4 is 33.4 Å². The van der Waals surface area contributed by atoms with E-state index in [4.69, 9.17) is 21.1 Å². The first-order chi connectivity index (χ1) is 14.2. The summed E-state index contributed by atoms with van der Waals surface area (Å²) in [5.41, 5.74) is 0.933. The molecule has 0 aliphatic carbocycles. The Morgan fingerprint density at radius 1 is 1.10 bits per heavy atom. The van der Waals surface area contributed by atoms with Gasteiger partial charge in [0, 0.05) is 36.4 Å². The average Bonchev–Trinajstić information content (AvgIpc) is 2.97. The van der Waals surface area contributed by atoms with Crippen molar-refractivity contribution in [2.75, 3.05) is 39.2 Å². The van der Waals surface area contributed by atoms with Crippen LogP contribution in [0, 0.1) is 5.82 Å². The molecular formula is C19H21ClFN3O5S. The summed E-state index contributed by atoms with van der Waals surface area (Å²) in [6.45, 7) is -0.000248. The van der Waals surface area contributed by atoms with Crippen molar-refractivity contribution in [3.8, 4) is 11.5 Å². The third kappa shape index (κ3) is 4.84. The zero-order chi connectivity index (χ0) is 21.9. The minimum Gasteiger partial charge on any atom is -0.493 e. The minimum absolute atomic E-state index is 0.00472. The molecule has 0 atom stereocenters. The van der Waals surface area contributed by atoms with Crippen LogP contribution >= 0.6 is 11.6 Å². The van der Waals surface area contributed by atoms with E-state index in [9.17, 15) is 17.6 Å². The summed E-state index contributed by atoms with van der Waals surface area (Å²) in [5.74, 6) is -0.0480. The molecule has 1 N–H and O–H groups in total. The number of methoxy groups -OCH3 is 2. The number of nitrogens with one attached hydrogen (secondary N) is 1. The van der Waals surface area contributed by atoms with E-state index in [-0.39, 0.29) is 31.2 Å². The lowest BCUT2D eigenvalue weighted by atomic mass is 10.2. The molecule has 8 nitrogen and oxygen atoms in total. The quantitative estimate of drug-likeness (QED) is 0.690. The zero-order valence-corrected chi connectivity index (χ0v) is 18.0. The van der Waals surface area contributed by atoms with Crippen molar-refractivity contribution in [3.63, 3.8) is 0 Å². The Balaban J connectivity index is 1.65. The Kier molecular flexibility index (Phi) is 6.81. The first-order valence-corrected chi connectivity index (χ1v) is 10.7. The van der Waals surface area contributed by atoms with Gasteiger partial charge in [-0.25, -0.2) is 4.39 Å². The highest BCUT2D eigenvalue weighted by molar-refractivity contribution is 7.87. The van der Waals surface area contributed by atoms with E-state index in [0.717, 1.165) is 10.4 Å². The number of anilines is 1. The van der Waals surface area contributed by atoms with Crippen LogP contribution in [0.1, 0.15) is 5.56 Å². The van der Waals surface area contributed by atoms with E-state index in [0.29, 0.717) is 22.7 Å². The van der Waals surface area contributed by atoms with Gasteiger partial charge in [-0.2, -0.15) is 17.0 Å². The topological polar surface area (TPSA) is 88.2 Å². The molecule has 1 saturated heterocycles. The molecular weight excluding hydrogens is 437 g/mol. The molecule has 1 heterocycles. The number of ether oxygens (including phenoxy) is 2. The van der Waals surface area contributed by atoms with Gasteiger partial charge in [0.25, 0.3) is 10.2 Å². The SMILES string of the molecule is COc1ccc(NC(=O)CN2CCN(Cc3ccc(F)cc3Cl)S2(=O)=O)cc1OC. The van der Waals surface area contributed by atoms with Crippen molar-refractivity contribution in [1.29, 1.82) is 0 Å². The largest absolute Gasteiger partial charge is 0.493 e. The molecule has 2 aromatic rings. The fourth-order valence-electron chi connectivity index (χ4n) is 3.05. The lowest BCUT2D eigenvalue weighted by Crippen LogP contribution is -2.37. The summed E-state index contributed by atoms with van der Waals surface area (Å²) in [6, 6.07) is 8.64. The number of nitrogens with zero attached hydrogens (tertiary/aromatic N) is 2. The highest BCUT2D eigenvalue weighted by atomic mass is 35.5. The van der Waals surface area contributed by atoms with Gasteiger partial charge >= 0.3 is 0 Å². The van der Waals surface area contributed by atoms with Crippen molar-refractivity contribution in [3.05, 3.63) is 52.8 Å². The molecule has 1 aliphatic heterocycles. The van der Waals surface area contributed by atoms with Crippen LogP contribution in [0.25, 0.3) is 0 Å². The molecule has 1 amide bonds. The summed E-state index contributed by atoms with van der Waals surface area (Å²) in [4.78, 5) is 12.4. The monoisotopic (exact) mass is 457 g/mol. The molecule has 0 spiro atoms. The maximum atomic E-state index is 13.2. The van der Waals surface area contributed by atoms with E-state index in [1.54, 1.807) is 18.2 Å². The fourth-order valence-corrected chi connectivity index (χ4v) is 4.81. The first-order valence-electron chi connectivity index (χ1n) is 8.95. The molecule has 11 heteroatoms. The van der Waals surface area contributed by atoms with Crippen molar-refractivity contribution in [1.82, 2.24) is 8.61 Å². The number of halogens is 2. The zero-order valence-electron chi connectivity index (χ0n) is 16.4. The van der Waals surface area contributed by atoms with Crippen LogP contribution in [0.5, 0.6) is 11.5 Å². The van der Waals surface area contributed by atoms with Gasteiger partial charge in [-0.3, -0.25) is 4.79 Å². The molecule has 0 saturated carbocycles. The van der Waals surface area contributed by atoms with Crippen molar-refractivity contribution in [2.45, 2.75) is 6.54 Å². The van der Waals surface area contributed by atoms with Gasteiger partial charge in [0.05, 0.1) is 20.8 Å². The second kappa shape index (κ2) is 9.17. The van der Waals surface area contributed by atoms with Crippen LogP contribution in [0.2, 0.25) is 5.02 Å².